The zero-order valence-electron chi connectivity index (χ0n) is 21.9. The third kappa shape index (κ3) is 6.25. The van der Waals surface area contributed by atoms with Gasteiger partial charge in [0.15, 0.2) is 17.5 Å². The lowest BCUT2D eigenvalue weighted by molar-refractivity contribution is -0.143. The van der Waals surface area contributed by atoms with Crippen molar-refractivity contribution in [3.05, 3.63) is 65.1 Å². The molecule has 1 amide bonds. The molecule has 210 valence electrons. The Morgan fingerprint density at radius 2 is 1.87 bits per heavy atom. The second-order valence-corrected chi connectivity index (χ2v) is 9.99. The SMILES string of the molecule is COc1ccc2ncc(C)c([C@H](F)CCC3(C(=O)NO)CCN(CCNc4cc(F)c(F)c(F)c4)CC3)c2c1. The fourth-order valence-electron chi connectivity index (χ4n) is 5.31. The predicted octanol–water partition coefficient (Wildman–Crippen LogP) is 5.46. The van der Waals surface area contributed by atoms with E-state index in [0.29, 0.717) is 66.8 Å². The number of amides is 1. The highest BCUT2D eigenvalue weighted by Crippen LogP contribution is 2.41. The molecule has 0 aliphatic carbocycles. The normalized spacial score (nSPS) is 16.2. The molecule has 4 rings (SSSR count). The number of fused-ring (bicyclic) bond motifs is 1. The lowest BCUT2D eigenvalue weighted by Crippen LogP contribution is -2.49. The number of rotatable bonds is 10. The largest absolute Gasteiger partial charge is 0.497 e. The van der Waals surface area contributed by atoms with E-state index < -0.39 is 34.9 Å². The Morgan fingerprint density at radius 1 is 1.18 bits per heavy atom. The molecule has 0 saturated carbocycles. The van der Waals surface area contributed by atoms with Gasteiger partial charge in [0.1, 0.15) is 11.9 Å². The first-order valence-corrected chi connectivity index (χ1v) is 12.8. The number of aryl methyl sites for hydroxylation is 1. The minimum absolute atomic E-state index is 0.0772. The van der Waals surface area contributed by atoms with Crippen molar-refractivity contribution in [3.8, 4) is 5.75 Å². The zero-order chi connectivity index (χ0) is 28.2. The van der Waals surface area contributed by atoms with Crippen LogP contribution < -0.4 is 15.5 Å². The second-order valence-electron chi connectivity index (χ2n) is 9.99. The lowest BCUT2D eigenvalue weighted by Gasteiger charge is -2.40. The quantitative estimate of drug-likeness (QED) is 0.135. The fraction of sp³-hybridized carbons (Fsp3) is 0.429. The number of nitrogens with zero attached hydrogens (tertiary/aromatic N) is 2. The molecule has 1 aliphatic heterocycles. The first-order chi connectivity index (χ1) is 18.7. The molecule has 2 aromatic carbocycles. The summed E-state index contributed by atoms with van der Waals surface area (Å²) in [6.07, 6.45) is 1.38. The first-order valence-electron chi connectivity index (χ1n) is 12.8. The van der Waals surface area contributed by atoms with Gasteiger partial charge in [0.2, 0.25) is 5.91 Å². The van der Waals surface area contributed by atoms with Crippen molar-refractivity contribution in [2.45, 2.75) is 38.8 Å². The Bertz CT molecular complexity index is 1310. The maximum absolute atomic E-state index is 15.8. The summed E-state index contributed by atoms with van der Waals surface area (Å²) >= 11 is 0. The number of benzene rings is 2. The number of anilines is 1. The molecule has 0 bridgehead atoms. The van der Waals surface area contributed by atoms with Crippen LogP contribution in [0.3, 0.4) is 0 Å². The van der Waals surface area contributed by atoms with Gasteiger partial charge in [0, 0.05) is 42.5 Å². The van der Waals surface area contributed by atoms with E-state index in [4.69, 9.17) is 4.74 Å². The molecule has 39 heavy (non-hydrogen) atoms. The molecule has 3 aromatic rings. The van der Waals surface area contributed by atoms with Crippen LogP contribution in [0.5, 0.6) is 5.75 Å². The molecule has 1 saturated heterocycles. The van der Waals surface area contributed by atoms with Crippen molar-refractivity contribution in [2.24, 2.45) is 5.41 Å². The monoisotopic (exact) mass is 548 g/mol. The minimum Gasteiger partial charge on any atom is -0.497 e. The van der Waals surface area contributed by atoms with E-state index in [2.05, 4.69) is 15.2 Å². The Balaban J connectivity index is 1.39. The third-order valence-corrected chi connectivity index (χ3v) is 7.64. The van der Waals surface area contributed by atoms with E-state index in [1.165, 1.54) is 0 Å². The summed E-state index contributed by atoms with van der Waals surface area (Å²) < 4.78 is 61.1. The molecule has 3 N–H and O–H groups in total. The van der Waals surface area contributed by atoms with Crippen LogP contribution in [0.1, 0.15) is 43.0 Å². The van der Waals surface area contributed by atoms with Gasteiger partial charge >= 0.3 is 0 Å². The van der Waals surface area contributed by atoms with Crippen LogP contribution in [0.25, 0.3) is 10.9 Å². The molecule has 2 heterocycles. The number of likely N-dealkylation sites (tertiary alicyclic amines) is 1. The smallest absolute Gasteiger partial charge is 0.249 e. The summed E-state index contributed by atoms with van der Waals surface area (Å²) in [7, 11) is 1.54. The number of halogens is 4. The second kappa shape index (κ2) is 12.2. The zero-order valence-corrected chi connectivity index (χ0v) is 21.9. The Hall–Kier alpha value is -3.44. The molecule has 0 unspecified atom stereocenters. The van der Waals surface area contributed by atoms with E-state index in [0.717, 1.165) is 12.1 Å². The fourth-order valence-corrected chi connectivity index (χ4v) is 5.31. The predicted molar refractivity (Wildman–Crippen MR) is 139 cm³/mol. The van der Waals surface area contributed by atoms with Crippen LogP contribution in [0, 0.1) is 29.8 Å². The van der Waals surface area contributed by atoms with Gasteiger partial charge in [0.25, 0.3) is 0 Å². The van der Waals surface area contributed by atoms with E-state index in [1.807, 2.05) is 0 Å². The average Bonchev–Trinajstić information content (AvgIpc) is 2.94. The van der Waals surface area contributed by atoms with Crippen molar-refractivity contribution in [2.75, 3.05) is 38.6 Å². The summed E-state index contributed by atoms with van der Waals surface area (Å²) in [6, 6.07) is 7.08. The van der Waals surface area contributed by atoms with E-state index in [1.54, 1.807) is 43.9 Å². The van der Waals surface area contributed by atoms with Crippen molar-refractivity contribution < 1.29 is 32.3 Å². The topological polar surface area (TPSA) is 86.7 Å². The number of carbonyl (C=O) groups is 1. The third-order valence-electron chi connectivity index (χ3n) is 7.64. The molecular formula is C28H32F4N4O3. The van der Waals surface area contributed by atoms with Gasteiger partial charge in [0.05, 0.1) is 18.0 Å². The number of hydroxylamine groups is 1. The number of ether oxygens (including phenoxy) is 1. The summed E-state index contributed by atoms with van der Waals surface area (Å²) in [6.45, 7) is 3.66. The highest BCUT2D eigenvalue weighted by Gasteiger charge is 2.41. The lowest BCUT2D eigenvalue weighted by atomic mass is 9.73. The van der Waals surface area contributed by atoms with Gasteiger partial charge in [-0.25, -0.2) is 23.0 Å². The molecular weight excluding hydrogens is 516 g/mol. The Labute approximate surface area is 224 Å². The molecule has 7 nitrogen and oxygen atoms in total. The number of nitrogens with one attached hydrogen (secondary N) is 2. The molecule has 1 fully saturated rings. The summed E-state index contributed by atoms with van der Waals surface area (Å²) in [4.78, 5) is 19.2. The number of piperidine rings is 1. The maximum atomic E-state index is 15.8. The van der Waals surface area contributed by atoms with Gasteiger partial charge in [-0.1, -0.05) is 0 Å². The van der Waals surface area contributed by atoms with Gasteiger partial charge in [-0.15, -0.1) is 0 Å². The van der Waals surface area contributed by atoms with Crippen LogP contribution >= 0.6 is 0 Å². The standard InChI is InChI=1S/C28H32F4N4O3/c1-17-16-34-24-4-3-19(39-2)15-20(24)25(17)21(29)5-6-28(27(37)35-38)7-10-36(11-8-28)12-9-33-18-13-22(30)26(32)23(31)14-18/h3-4,13-16,21,33,38H,5-12H2,1-2H3,(H,35,37)/t21-/m1/s1. The molecule has 1 aliphatic rings. The van der Waals surface area contributed by atoms with Crippen molar-refractivity contribution >= 4 is 22.5 Å². The van der Waals surface area contributed by atoms with Crippen molar-refractivity contribution in [1.29, 1.82) is 0 Å². The molecule has 11 heteroatoms. The first kappa shape index (κ1) is 28.6. The van der Waals surface area contributed by atoms with Gasteiger partial charge in [-0.3, -0.25) is 15.0 Å². The summed E-state index contributed by atoms with van der Waals surface area (Å²) in [5.41, 5.74) is 2.81. The van der Waals surface area contributed by atoms with E-state index in [9.17, 15) is 23.2 Å². The van der Waals surface area contributed by atoms with Gasteiger partial charge in [-0.05, 0) is 75.0 Å². The van der Waals surface area contributed by atoms with Crippen LogP contribution in [0.4, 0.5) is 23.2 Å². The highest BCUT2D eigenvalue weighted by molar-refractivity contribution is 5.85. The van der Waals surface area contributed by atoms with Crippen LogP contribution in [-0.4, -0.2) is 54.3 Å². The average molecular weight is 549 g/mol. The minimum atomic E-state index is -1.52. The van der Waals surface area contributed by atoms with Crippen molar-refractivity contribution in [1.82, 2.24) is 15.4 Å². The number of hydrogen-bond acceptors (Lipinski definition) is 6. The van der Waals surface area contributed by atoms with E-state index >= 15 is 4.39 Å². The molecule has 0 radical (unpaired) electrons. The summed E-state index contributed by atoms with van der Waals surface area (Å²) in [5.74, 6) is -4.00. The molecule has 1 aromatic heterocycles. The number of aromatic nitrogens is 1. The number of alkyl halides is 1. The molecule has 0 spiro atoms. The van der Waals surface area contributed by atoms with Gasteiger partial charge < -0.3 is 15.0 Å². The van der Waals surface area contributed by atoms with Crippen LogP contribution in [-0.2, 0) is 4.79 Å². The Kier molecular flexibility index (Phi) is 8.91. The van der Waals surface area contributed by atoms with Gasteiger partial charge in [-0.2, -0.15) is 0 Å². The number of pyridine rings is 1. The van der Waals surface area contributed by atoms with E-state index in [-0.39, 0.29) is 18.5 Å². The number of hydrogen-bond donors (Lipinski definition) is 3. The number of methoxy groups -OCH3 is 1. The van der Waals surface area contributed by atoms with Crippen LogP contribution in [0.15, 0.2) is 36.5 Å². The molecule has 1 atom stereocenters. The Morgan fingerprint density at radius 3 is 2.51 bits per heavy atom. The van der Waals surface area contributed by atoms with Crippen LogP contribution in [0.2, 0.25) is 0 Å². The number of carbonyl (C=O) groups excluding carboxylic acids is 1. The maximum Gasteiger partial charge on any atom is 0.249 e. The highest BCUT2D eigenvalue weighted by atomic mass is 19.2. The summed E-state index contributed by atoms with van der Waals surface area (Å²) in [5, 5.41) is 13.0. The van der Waals surface area contributed by atoms with Crippen molar-refractivity contribution in [3.63, 3.8) is 0 Å².